The van der Waals surface area contributed by atoms with Gasteiger partial charge in [-0.3, -0.25) is 0 Å². The van der Waals surface area contributed by atoms with Crippen molar-refractivity contribution in [2.45, 2.75) is 52.1 Å². The molecular formula is C17H20F6O. The fraction of sp³-hybridized carbons (Fsp3) is 0.529. The molecule has 136 valence electrons. The molecule has 1 aromatic carbocycles. The number of halogens is 6. The monoisotopic (exact) mass is 354 g/mol. The molecule has 0 aliphatic rings. The summed E-state index contributed by atoms with van der Waals surface area (Å²) in [5.74, 6) is -0.923. The zero-order valence-electron chi connectivity index (χ0n) is 13.5. The van der Waals surface area contributed by atoms with Crippen LogP contribution in [0.3, 0.4) is 0 Å². The Labute approximate surface area is 137 Å². The first kappa shape index (κ1) is 20.4. The van der Waals surface area contributed by atoms with Crippen LogP contribution in [0.5, 0.6) is 5.75 Å². The largest absolute Gasteiger partial charge is 0.490 e. The average Bonchev–Trinajstić information content (AvgIpc) is 2.51. The number of rotatable bonds is 9. The third kappa shape index (κ3) is 5.76. The van der Waals surface area contributed by atoms with Crippen LogP contribution in [0, 0.1) is 0 Å². The lowest BCUT2D eigenvalue weighted by molar-refractivity contribution is 0.116. The number of benzene rings is 1. The van der Waals surface area contributed by atoms with Crippen molar-refractivity contribution in [2.75, 3.05) is 6.61 Å². The van der Waals surface area contributed by atoms with Gasteiger partial charge in [-0.1, -0.05) is 19.1 Å². The summed E-state index contributed by atoms with van der Waals surface area (Å²) in [5.41, 5.74) is -1.75. The summed E-state index contributed by atoms with van der Waals surface area (Å²) in [5, 5.41) is 0. The number of alkyl halides is 5. The molecule has 1 aromatic rings. The Morgan fingerprint density at radius 3 is 2.21 bits per heavy atom. The normalized spacial score (nSPS) is 13.7. The van der Waals surface area contributed by atoms with E-state index in [9.17, 15) is 26.3 Å². The SMILES string of the molecule is CCC(F)COc1ccc(CC/C=C(/C)F)c(C(F)F)c1C(F)F. The van der Waals surface area contributed by atoms with Crippen LogP contribution >= 0.6 is 0 Å². The Morgan fingerprint density at radius 1 is 1.08 bits per heavy atom. The van der Waals surface area contributed by atoms with Crippen molar-refractivity contribution < 1.29 is 31.1 Å². The van der Waals surface area contributed by atoms with E-state index >= 15 is 0 Å². The van der Waals surface area contributed by atoms with Gasteiger partial charge in [-0.25, -0.2) is 26.3 Å². The van der Waals surface area contributed by atoms with Crippen molar-refractivity contribution >= 4 is 0 Å². The summed E-state index contributed by atoms with van der Waals surface area (Å²) >= 11 is 0. The Bertz CT molecular complexity index is 552. The Kier molecular flexibility index (Phi) is 8.15. The average molecular weight is 354 g/mol. The van der Waals surface area contributed by atoms with Gasteiger partial charge in [-0.2, -0.15) is 0 Å². The van der Waals surface area contributed by atoms with E-state index in [1.54, 1.807) is 6.92 Å². The van der Waals surface area contributed by atoms with Gasteiger partial charge in [0.05, 0.1) is 11.4 Å². The van der Waals surface area contributed by atoms with E-state index in [-0.39, 0.29) is 24.8 Å². The molecule has 0 amide bonds. The number of hydrogen-bond donors (Lipinski definition) is 0. The first-order valence-corrected chi connectivity index (χ1v) is 7.58. The highest BCUT2D eigenvalue weighted by molar-refractivity contribution is 5.47. The minimum atomic E-state index is -3.19. The van der Waals surface area contributed by atoms with Gasteiger partial charge in [-0.05, 0) is 37.8 Å². The van der Waals surface area contributed by atoms with E-state index in [0.29, 0.717) is 0 Å². The first-order chi connectivity index (χ1) is 11.3. The third-order valence-electron chi connectivity index (χ3n) is 3.48. The molecule has 0 fully saturated rings. The molecule has 24 heavy (non-hydrogen) atoms. The van der Waals surface area contributed by atoms with Gasteiger partial charge >= 0.3 is 0 Å². The van der Waals surface area contributed by atoms with Crippen molar-refractivity contribution in [3.8, 4) is 5.75 Å². The number of allylic oxidation sites excluding steroid dienone is 2. The van der Waals surface area contributed by atoms with Crippen molar-refractivity contribution in [1.82, 2.24) is 0 Å². The molecule has 0 aliphatic carbocycles. The Balaban J connectivity index is 3.19. The molecule has 7 heteroatoms. The summed E-state index contributed by atoms with van der Waals surface area (Å²) in [6.45, 7) is 2.27. The van der Waals surface area contributed by atoms with Crippen molar-refractivity contribution in [1.29, 1.82) is 0 Å². The van der Waals surface area contributed by atoms with Crippen LogP contribution in [0.4, 0.5) is 26.3 Å². The number of ether oxygens (including phenoxy) is 1. The van der Waals surface area contributed by atoms with Crippen LogP contribution in [-0.2, 0) is 6.42 Å². The summed E-state index contributed by atoms with van der Waals surface area (Å²) < 4.78 is 84.2. The van der Waals surface area contributed by atoms with Gasteiger partial charge in [0.15, 0.2) is 0 Å². The smallest absolute Gasteiger partial charge is 0.267 e. The molecule has 1 unspecified atom stereocenters. The Morgan fingerprint density at radius 2 is 1.71 bits per heavy atom. The van der Waals surface area contributed by atoms with E-state index < -0.39 is 48.3 Å². The second-order valence-corrected chi connectivity index (χ2v) is 5.30. The van der Waals surface area contributed by atoms with Crippen LogP contribution in [0.25, 0.3) is 0 Å². The predicted molar refractivity (Wildman–Crippen MR) is 80.2 cm³/mol. The number of hydrogen-bond acceptors (Lipinski definition) is 1. The molecule has 0 aliphatic heterocycles. The molecule has 1 rings (SSSR count). The topological polar surface area (TPSA) is 9.23 Å². The Hall–Kier alpha value is -1.66. The lowest BCUT2D eigenvalue weighted by atomic mass is 9.96. The maximum Gasteiger partial charge on any atom is 0.267 e. The van der Waals surface area contributed by atoms with Gasteiger partial charge in [0.2, 0.25) is 0 Å². The summed E-state index contributed by atoms with van der Waals surface area (Å²) in [6.07, 6.45) is -6.30. The summed E-state index contributed by atoms with van der Waals surface area (Å²) in [7, 11) is 0. The van der Waals surface area contributed by atoms with Crippen molar-refractivity contribution in [2.24, 2.45) is 0 Å². The fourth-order valence-electron chi connectivity index (χ4n) is 2.21. The lowest BCUT2D eigenvalue weighted by Crippen LogP contribution is -2.14. The molecule has 0 bridgehead atoms. The zero-order chi connectivity index (χ0) is 18.3. The molecule has 0 saturated carbocycles. The van der Waals surface area contributed by atoms with Crippen LogP contribution in [0.2, 0.25) is 0 Å². The van der Waals surface area contributed by atoms with Crippen molar-refractivity contribution in [3.05, 3.63) is 40.7 Å². The quantitative estimate of drug-likeness (QED) is 0.460. The second-order valence-electron chi connectivity index (χ2n) is 5.30. The van der Waals surface area contributed by atoms with E-state index in [1.165, 1.54) is 19.1 Å². The molecule has 0 spiro atoms. The van der Waals surface area contributed by atoms with Crippen molar-refractivity contribution in [3.63, 3.8) is 0 Å². The molecule has 1 atom stereocenters. The zero-order valence-corrected chi connectivity index (χ0v) is 13.5. The molecule has 1 nitrogen and oxygen atoms in total. The second kappa shape index (κ2) is 9.59. The van der Waals surface area contributed by atoms with Gasteiger partial charge in [-0.15, -0.1) is 0 Å². The minimum Gasteiger partial charge on any atom is -0.490 e. The van der Waals surface area contributed by atoms with Gasteiger partial charge in [0.1, 0.15) is 18.5 Å². The highest BCUT2D eigenvalue weighted by Gasteiger charge is 2.27. The minimum absolute atomic E-state index is 0.00237. The summed E-state index contributed by atoms with van der Waals surface area (Å²) in [6, 6.07) is 2.38. The maximum absolute atomic E-state index is 13.3. The molecule has 0 heterocycles. The standard InChI is InChI=1S/C17H20F6O/c1-3-12(19)9-24-13-8-7-11(6-4-5-10(2)18)14(16(20)21)15(13)17(22)23/h5,7-8,12,16-17H,3-4,6,9H2,1-2H3/b10-5-. The highest BCUT2D eigenvalue weighted by Crippen LogP contribution is 2.40. The molecule has 0 aromatic heterocycles. The van der Waals surface area contributed by atoms with E-state index in [2.05, 4.69) is 0 Å². The van der Waals surface area contributed by atoms with E-state index in [0.717, 1.165) is 6.07 Å². The summed E-state index contributed by atoms with van der Waals surface area (Å²) in [4.78, 5) is 0. The highest BCUT2D eigenvalue weighted by atomic mass is 19.3. The van der Waals surface area contributed by atoms with E-state index in [1.807, 2.05) is 0 Å². The van der Waals surface area contributed by atoms with Gasteiger partial charge in [0.25, 0.3) is 12.9 Å². The molecule has 0 radical (unpaired) electrons. The predicted octanol–water partition coefficient (Wildman–Crippen LogP) is 6.49. The molecular weight excluding hydrogens is 334 g/mol. The number of aryl methyl sites for hydroxylation is 1. The van der Waals surface area contributed by atoms with Crippen LogP contribution in [0.1, 0.15) is 56.2 Å². The van der Waals surface area contributed by atoms with Gasteiger partial charge in [0, 0.05) is 5.56 Å². The first-order valence-electron chi connectivity index (χ1n) is 7.58. The third-order valence-corrected chi connectivity index (χ3v) is 3.48. The van der Waals surface area contributed by atoms with Crippen LogP contribution < -0.4 is 4.74 Å². The maximum atomic E-state index is 13.3. The van der Waals surface area contributed by atoms with E-state index in [4.69, 9.17) is 4.74 Å². The fourth-order valence-corrected chi connectivity index (χ4v) is 2.21. The lowest BCUT2D eigenvalue weighted by Gasteiger charge is -2.19. The van der Waals surface area contributed by atoms with Crippen LogP contribution in [0.15, 0.2) is 24.0 Å². The molecule has 0 saturated heterocycles. The molecule has 0 N–H and O–H groups in total. The van der Waals surface area contributed by atoms with Crippen LogP contribution in [-0.4, -0.2) is 12.8 Å². The van der Waals surface area contributed by atoms with Gasteiger partial charge < -0.3 is 4.74 Å².